The van der Waals surface area contributed by atoms with Gasteiger partial charge in [0.25, 0.3) is 0 Å². The fourth-order valence-corrected chi connectivity index (χ4v) is 6.10. The van der Waals surface area contributed by atoms with Gasteiger partial charge in [0.05, 0.1) is 17.8 Å². The Balaban J connectivity index is 1.08. The van der Waals surface area contributed by atoms with Crippen LogP contribution in [0.25, 0.3) is 11.1 Å². The van der Waals surface area contributed by atoms with Crippen molar-refractivity contribution in [3.8, 4) is 11.1 Å². The summed E-state index contributed by atoms with van der Waals surface area (Å²) in [6.07, 6.45) is -2.54. The Bertz CT molecular complexity index is 1820. The number of ketones is 1. The summed E-state index contributed by atoms with van der Waals surface area (Å²) in [6, 6.07) is 34.8. The van der Waals surface area contributed by atoms with Crippen molar-refractivity contribution in [3.05, 3.63) is 155 Å². The van der Waals surface area contributed by atoms with Crippen LogP contribution >= 0.6 is 0 Å². The monoisotopic (exact) mass is 648 g/mol. The number of rotatable bonds is 10. The van der Waals surface area contributed by atoms with Gasteiger partial charge in [0.15, 0.2) is 5.78 Å². The molecule has 1 atom stereocenters. The average molecular weight is 649 g/mol. The number of carbonyl (C=O) groups excluding carboxylic acids is 2. The van der Waals surface area contributed by atoms with E-state index in [-0.39, 0.29) is 18.1 Å². The van der Waals surface area contributed by atoms with Crippen molar-refractivity contribution in [2.75, 3.05) is 31.1 Å². The number of pyridine rings is 1. The molecular formula is C39H35F3N4O2. The van der Waals surface area contributed by atoms with E-state index in [9.17, 15) is 22.8 Å². The third kappa shape index (κ3) is 7.81. The topological polar surface area (TPSA) is 65.5 Å². The van der Waals surface area contributed by atoms with Crippen molar-refractivity contribution in [2.24, 2.45) is 0 Å². The molecule has 1 amide bonds. The predicted molar refractivity (Wildman–Crippen MR) is 180 cm³/mol. The van der Waals surface area contributed by atoms with E-state index in [0.717, 1.165) is 47.7 Å². The van der Waals surface area contributed by atoms with Crippen LogP contribution in [-0.2, 0) is 23.9 Å². The summed E-state index contributed by atoms with van der Waals surface area (Å²) in [5.74, 6) is -0.172. The van der Waals surface area contributed by atoms with Crippen LogP contribution in [0.1, 0.15) is 38.8 Å². The molecule has 1 aliphatic rings. The smallest absolute Gasteiger partial charge is 0.369 e. The molecule has 1 unspecified atom stereocenters. The Morgan fingerprint density at radius 1 is 0.750 bits per heavy atom. The fourth-order valence-electron chi connectivity index (χ4n) is 6.10. The number of hydrogen-bond donors (Lipinski definition) is 1. The summed E-state index contributed by atoms with van der Waals surface area (Å²) >= 11 is 0. The molecule has 0 spiro atoms. The maximum Gasteiger partial charge on any atom is 0.416 e. The largest absolute Gasteiger partial charge is 0.416 e. The standard InChI is InChI=1S/C39H35F3N4O2/c40-39(41,42)31-17-15-29(16-18-31)34-11-4-5-12-35(34)36(47)26-28-13-19-33(20-14-28)45-22-24-46(25-23-45)37(30-8-2-1-3-9-30)38(48)44-27-32-10-6-7-21-43-32/h1-21,37H,22-27H2,(H,44,48). The van der Waals surface area contributed by atoms with Gasteiger partial charge < -0.3 is 10.2 Å². The van der Waals surface area contributed by atoms with Crippen LogP contribution in [0.4, 0.5) is 18.9 Å². The van der Waals surface area contributed by atoms with Crippen molar-refractivity contribution in [2.45, 2.75) is 25.2 Å². The van der Waals surface area contributed by atoms with E-state index in [1.807, 2.05) is 72.8 Å². The normalized spacial score (nSPS) is 14.4. The lowest BCUT2D eigenvalue weighted by molar-refractivity contribution is -0.137. The lowest BCUT2D eigenvalue weighted by atomic mass is 9.93. The molecule has 1 N–H and O–H groups in total. The van der Waals surface area contributed by atoms with Crippen molar-refractivity contribution in [1.82, 2.24) is 15.2 Å². The first kappa shape index (κ1) is 32.7. The zero-order valence-electron chi connectivity index (χ0n) is 26.2. The van der Waals surface area contributed by atoms with E-state index >= 15 is 0 Å². The molecule has 1 aromatic heterocycles. The number of aromatic nitrogens is 1. The van der Waals surface area contributed by atoms with Gasteiger partial charge in [-0.1, -0.05) is 84.9 Å². The molecule has 4 aromatic carbocycles. The number of carbonyl (C=O) groups is 2. The number of alkyl halides is 3. The summed E-state index contributed by atoms with van der Waals surface area (Å²) in [5, 5.41) is 3.07. The molecule has 9 heteroatoms. The molecule has 6 nitrogen and oxygen atoms in total. The SMILES string of the molecule is O=C(Cc1ccc(N2CCN(C(C(=O)NCc3ccccn3)c3ccccc3)CC2)cc1)c1ccccc1-c1ccc(C(F)(F)F)cc1. The molecule has 1 fully saturated rings. The van der Waals surface area contributed by atoms with Gasteiger partial charge in [-0.15, -0.1) is 0 Å². The molecule has 0 saturated carbocycles. The van der Waals surface area contributed by atoms with Gasteiger partial charge in [-0.2, -0.15) is 13.2 Å². The van der Waals surface area contributed by atoms with E-state index < -0.39 is 17.8 Å². The molecule has 1 saturated heterocycles. The van der Waals surface area contributed by atoms with Crippen LogP contribution in [0.3, 0.4) is 0 Å². The molecule has 5 aromatic rings. The molecule has 48 heavy (non-hydrogen) atoms. The first-order valence-corrected chi connectivity index (χ1v) is 15.9. The maximum absolute atomic E-state index is 13.5. The van der Waals surface area contributed by atoms with E-state index in [2.05, 4.69) is 20.1 Å². The van der Waals surface area contributed by atoms with Crippen LogP contribution < -0.4 is 10.2 Å². The second-order valence-corrected chi connectivity index (χ2v) is 11.8. The summed E-state index contributed by atoms with van der Waals surface area (Å²) in [6.45, 7) is 3.21. The van der Waals surface area contributed by atoms with Crippen molar-refractivity contribution >= 4 is 17.4 Å². The van der Waals surface area contributed by atoms with Gasteiger partial charge in [-0.3, -0.25) is 19.5 Å². The minimum atomic E-state index is -4.42. The molecule has 6 rings (SSSR count). The van der Waals surface area contributed by atoms with Crippen LogP contribution in [0.5, 0.6) is 0 Å². The van der Waals surface area contributed by atoms with Crippen LogP contribution in [0.15, 0.2) is 128 Å². The summed E-state index contributed by atoms with van der Waals surface area (Å²) < 4.78 is 39.2. The number of amides is 1. The van der Waals surface area contributed by atoms with Gasteiger partial charge in [0.1, 0.15) is 6.04 Å². The number of Topliss-reactive ketones (excluding diaryl/α,β-unsaturated/α-hetero) is 1. The lowest BCUT2D eigenvalue weighted by Gasteiger charge is -2.39. The zero-order valence-corrected chi connectivity index (χ0v) is 26.2. The fraction of sp³-hybridized carbons (Fsp3) is 0.205. The molecule has 0 aliphatic carbocycles. The quantitative estimate of drug-likeness (QED) is 0.160. The van der Waals surface area contributed by atoms with Gasteiger partial charge in [-0.25, -0.2) is 0 Å². The highest BCUT2D eigenvalue weighted by atomic mass is 19.4. The van der Waals surface area contributed by atoms with Crippen molar-refractivity contribution in [3.63, 3.8) is 0 Å². The zero-order chi connectivity index (χ0) is 33.5. The Kier molecular flexibility index (Phi) is 9.96. The van der Waals surface area contributed by atoms with Gasteiger partial charge >= 0.3 is 6.18 Å². The third-order valence-electron chi connectivity index (χ3n) is 8.63. The van der Waals surface area contributed by atoms with Crippen molar-refractivity contribution in [1.29, 1.82) is 0 Å². The number of anilines is 1. The van der Waals surface area contributed by atoms with Gasteiger partial charge in [0, 0.05) is 50.0 Å². The first-order chi connectivity index (χ1) is 23.3. The summed E-state index contributed by atoms with van der Waals surface area (Å²) in [5.41, 5.74) is 4.52. The minimum absolute atomic E-state index is 0.0609. The van der Waals surface area contributed by atoms with E-state index in [1.54, 1.807) is 30.5 Å². The van der Waals surface area contributed by atoms with E-state index in [0.29, 0.717) is 36.3 Å². The summed E-state index contributed by atoms with van der Waals surface area (Å²) in [4.78, 5) is 35.7. The van der Waals surface area contributed by atoms with Crippen molar-refractivity contribution < 1.29 is 22.8 Å². The molecule has 2 heterocycles. The minimum Gasteiger partial charge on any atom is -0.369 e. The summed E-state index contributed by atoms with van der Waals surface area (Å²) in [7, 11) is 0. The Morgan fingerprint density at radius 2 is 1.42 bits per heavy atom. The first-order valence-electron chi connectivity index (χ1n) is 15.9. The van der Waals surface area contributed by atoms with Crippen LogP contribution in [0, 0.1) is 0 Å². The molecule has 0 radical (unpaired) electrons. The highest BCUT2D eigenvalue weighted by Gasteiger charge is 2.31. The Labute approximate surface area is 277 Å². The molecule has 1 aliphatic heterocycles. The molecule has 244 valence electrons. The second-order valence-electron chi connectivity index (χ2n) is 11.8. The van der Waals surface area contributed by atoms with Crippen LogP contribution in [0.2, 0.25) is 0 Å². The Morgan fingerprint density at radius 3 is 2.08 bits per heavy atom. The van der Waals surface area contributed by atoms with Gasteiger partial charge in [-0.05, 0) is 58.7 Å². The highest BCUT2D eigenvalue weighted by molar-refractivity contribution is 6.03. The number of halogens is 3. The number of hydrogen-bond acceptors (Lipinski definition) is 5. The maximum atomic E-state index is 13.5. The second kappa shape index (κ2) is 14.6. The third-order valence-corrected chi connectivity index (χ3v) is 8.63. The van der Waals surface area contributed by atoms with E-state index in [4.69, 9.17) is 0 Å². The number of nitrogens with one attached hydrogen (secondary N) is 1. The number of benzene rings is 4. The predicted octanol–water partition coefficient (Wildman–Crippen LogP) is 7.37. The van der Waals surface area contributed by atoms with Gasteiger partial charge in [0.2, 0.25) is 5.91 Å². The number of piperazine rings is 1. The highest BCUT2D eigenvalue weighted by Crippen LogP contribution is 2.32. The molecular weight excluding hydrogens is 613 g/mol. The Hall–Kier alpha value is -5.28. The lowest BCUT2D eigenvalue weighted by Crippen LogP contribution is -2.51. The average Bonchev–Trinajstić information content (AvgIpc) is 3.12. The molecule has 0 bridgehead atoms. The van der Waals surface area contributed by atoms with Crippen LogP contribution in [-0.4, -0.2) is 47.8 Å². The number of nitrogens with zero attached hydrogens (tertiary/aromatic N) is 3. The van der Waals surface area contributed by atoms with E-state index in [1.165, 1.54) is 12.1 Å².